The number of aromatic nitrogens is 1. The third-order valence-electron chi connectivity index (χ3n) is 2.15. The van der Waals surface area contributed by atoms with Gasteiger partial charge >= 0.3 is 5.97 Å². The Morgan fingerprint density at radius 3 is 2.74 bits per heavy atom. The molecule has 7 nitrogen and oxygen atoms in total. The first-order valence-electron chi connectivity index (χ1n) is 4.85. The highest BCUT2D eigenvalue weighted by Crippen LogP contribution is 2.25. The zero-order valence-electron chi connectivity index (χ0n) is 9.20. The molecule has 19 heavy (non-hydrogen) atoms. The monoisotopic (exact) mass is 346 g/mol. The van der Waals surface area contributed by atoms with E-state index in [0.717, 1.165) is 12.3 Å². The first-order chi connectivity index (χ1) is 8.90. The Labute approximate surface area is 116 Å². The second-order valence-corrected chi connectivity index (χ2v) is 5.97. The Kier molecular flexibility index (Phi) is 3.58. The third-order valence-corrected chi connectivity index (χ3v) is 4.53. The summed E-state index contributed by atoms with van der Waals surface area (Å²) in [5.74, 6) is -1.21. The van der Waals surface area contributed by atoms with Crippen LogP contribution in [0.3, 0.4) is 0 Å². The zero-order valence-corrected chi connectivity index (χ0v) is 11.6. The zero-order chi connectivity index (χ0) is 14.0. The summed E-state index contributed by atoms with van der Waals surface area (Å²) in [6.07, 6.45) is 2.30. The van der Waals surface area contributed by atoms with Gasteiger partial charge in [-0.05, 0) is 34.1 Å². The van der Waals surface area contributed by atoms with Crippen molar-refractivity contribution in [3.63, 3.8) is 0 Å². The van der Waals surface area contributed by atoms with E-state index in [4.69, 9.17) is 5.11 Å². The quantitative estimate of drug-likeness (QED) is 0.875. The molecule has 0 amide bonds. The molecular formula is C10H7BrN2O5S. The summed E-state index contributed by atoms with van der Waals surface area (Å²) in [5.41, 5.74) is 0.0153. The predicted molar refractivity (Wildman–Crippen MR) is 68.4 cm³/mol. The Bertz CT molecular complexity index is 712. The molecule has 1 aromatic carbocycles. The average molecular weight is 347 g/mol. The van der Waals surface area contributed by atoms with Crippen LogP contribution < -0.4 is 4.72 Å². The molecule has 2 aromatic rings. The van der Waals surface area contributed by atoms with Crippen LogP contribution in [0.25, 0.3) is 0 Å². The van der Waals surface area contributed by atoms with E-state index in [-0.39, 0.29) is 20.6 Å². The molecule has 0 spiro atoms. The van der Waals surface area contributed by atoms with E-state index in [0.29, 0.717) is 0 Å². The topological polar surface area (TPSA) is 110 Å². The molecule has 0 aliphatic rings. The number of carbonyl (C=O) groups is 1. The summed E-state index contributed by atoms with van der Waals surface area (Å²) in [5, 5.41) is 12.2. The van der Waals surface area contributed by atoms with Gasteiger partial charge in [0.15, 0.2) is 0 Å². The fourth-order valence-electron chi connectivity index (χ4n) is 1.31. The molecule has 1 heterocycles. The molecule has 0 saturated carbocycles. The van der Waals surface area contributed by atoms with E-state index < -0.39 is 16.0 Å². The van der Waals surface area contributed by atoms with Crippen LogP contribution in [0.5, 0.6) is 0 Å². The lowest BCUT2D eigenvalue weighted by Gasteiger charge is -2.08. The Balaban J connectivity index is 2.45. The smallest absolute Gasteiger partial charge is 0.335 e. The fourth-order valence-corrected chi connectivity index (χ4v) is 3.32. The van der Waals surface area contributed by atoms with Gasteiger partial charge in [-0.1, -0.05) is 5.16 Å². The minimum atomic E-state index is -3.93. The van der Waals surface area contributed by atoms with Crippen molar-refractivity contribution in [3.8, 4) is 0 Å². The van der Waals surface area contributed by atoms with Crippen LogP contribution in [0.15, 0.2) is 44.6 Å². The Morgan fingerprint density at radius 1 is 1.42 bits per heavy atom. The summed E-state index contributed by atoms with van der Waals surface area (Å²) in [4.78, 5) is 10.7. The molecule has 9 heteroatoms. The minimum Gasteiger partial charge on any atom is -0.478 e. The summed E-state index contributed by atoms with van der Waals surface area (Å²) in [6.45, 7) is 0. The van der Waals surface area contributed by atoms with Crippen LogP contribution >= 0.6 is 15.9 Å². The largest absolute Gasteiger partial charge is 0.478 e. The van der Waals surface area contributed by atoms with E-state index in [1.807, 2.05) is 0 Å². The number of rotatable bonds is 4. The van der Waals surface area contributed by atoms with Crippen molar-refractivity contribution in [1.29, 1.82) is 0 Å². The molecule has 1 aromatic heterocycles. The van der Waals surface area contributed by atoms with Crippen molar-refractivity contribution in [2.45, 2.75) is 4.90 Å². The number of carboxylic acid groups (broad SMARTS) is 1. The van der Waals surface area contributed by atoms with Crippen molar-refractivity contribution in [2.75, 3.05) is 4.72 Å². The SMILES string of the molecule is O=C(O)c1ccc(Br)c(S(=O)(=O)Nc2cnoc2)c1. The second-order valence-electron chi connectivity index (χ2n) is 3.47. The number of hydrogen-bond acceptors (Lipinski definition) is 5. The van der Waals surface area contributed by atoms with Gasteiger partial charge in [0.25, 0.3) is 10.0 Å². The maximum atomic E-state index is 12.1. The summed E-state index contributed by atoms with van der Waals surface area (Å²) in [7, 11) is -3.93. The van der Waals surface area contributed by atoms with Gasteiger partial charge in [-0.2, -0.15) is 0 Å². The molecular weight excluding hydrogens is 340 g/mol. The van der Waals surface area contributed by atoms with Crippen molar-refractivity contribution in [3.05, 3.63) is 40.7 Å². The molecule has 100 valence electrons. The van der Waals surface area contributed by atoms with Crippen LogP contribution in [0.2, 0.25) is 0 Å². The molecule has 2 rings (SSSR count). The first-order valence-corrected chi connectivity index (χ1v) is 7.13. The minimum absolute atomic E-state index is 0.131. The lowest BCUT2D eigenvalue weighted by molar-refractivity contribution is 0.0696. The van der Waals surface area contributed by atoms with Gasteiger partial charge in [-0.15, -0.1) is 0 Å². The number of anilines is 1. The molecule has 0 unspecified atom stereocenters. The summed E-state index contributed by atoms with van der Waals surface area (Å²) < 4.78 is 31.2. The number of hydrogen-bond donors (Lipinski definition) is 2. The highest BCUT2D eigenvalue weighted by molar-refractivity contribution is 9.10. The maximum absolute atomic E-state index is 12.1. The molecule has 0 saturated heterocycles. The van der Waals surface area contributed by atoms with Crippen LogP contribution in [0.1, 0.15) is 10.4 Å². The van der Waals surface area contributed by atoms with Crippen LogP contribution in [0, 0.1) is 0 Å². The van der Waals surface area contributed by atoms with Gasteiger partial charge in [0.1, 0.15) is 16.8 Å². The number of halogens is 1. The molecule has 0 atom stereocenters. The average Bonchev–Trinajstić information content (AvgIpc) is 2.81. The van der Waals surface area contributed by atoms with Gasteiger partial charge in [0.05, 0.1) is 11.8 Å². The molecule has 0 bridgehead atoms. The molecule has 0 aliphatic heterocycles. The maximum Gasteiger partial charge on any atom is 0.335 e. The Morgan fingerprint density at radius 2 is 2.16 bits per heavy atom. The number of nitrogens with zero attached hydrogens (tertiary/aromatic N) is 1. The van der Waals surface area contributed by atoms with Gasteiger partial charge in [0.2, 0.25) is 0 Å². The normalized spacial score (nSPS) is 11.2. The van der Waals surface area contributed by atoms with Crippen molar-refractivity contribution < 1.29 is 22.8 Å². The number of sulfonamides is 1. The number of benzene rings is 1. The molecule has 0 aliphatic carbocycles. The number of carboxylic acids is 1. The Hall–Kier alpha value is -1.87. The van der Waals surface area contributed by atoms with E-state index >= 15 is 0 Å². The lowest BCUT2D eigenvalue weighted by atomic mass is 10.2. The molecule has 0 fully saturated rings. The number of nitrogens with one attached hydrogen (secondary N) is 1. The number of aromatic carboxylic acids is 1. The highest BCUT2D eigenvalue weighted by atomic mass is 79.9. The van der Waals surface area contributed by atoms with Crippen molar-refractivity contribution in [2.24, 2.45) is 0 Å². The van der Waals surface area contributed by atoms with Gasteiger partial charge in [-0.3, -0.25) is 4.72 Å². The standard InChI is InChI=1S/C10H7BrN2O5S/c11-8-2-1-6(10(14)15)3-9(8)19(16,17)13-7-4-12-18-5-7/h1-5,13H,(H,14,15). The first kappa shape index (κ1) is 13.6. The van der Waals surface area contributed by atoms with E-state index in [1.54, 1.807) is 0 Å². The molecule has 2 N–H and O–H groups in total. The second kappa shape index (κ2) is 5.02. The van der Waals surface area contributed by atoms with Crippen molar-refractivity contribution >= 4 is 37.6 Å². The van der Waals surface area contributed by atoms with E-state index in [1.165, 1.54) is 18.3 Å². The fraction of sp³-hybridized carbons (Fsp3) is 0. The van der Waals surface area contributed by atoms with Crippen LogP contribution in [-0.4, -0.2) is 24.7 Å². The van der Waals surface area contributed by atoms with E-state index in [9.17, 15) is 13.2 Å². The highest BCUT2D eigenvalue weighted by Gasteiger charge is 2.20. The van der Waals surface area contributed by atoms with Gasteiger partial charge in [-0.25, -0.2) is 13.2 Å². The van der Waals surface area contributed by atoms with E-state index in [2.05, 4.69) is 30.3 Å². The van der Waals surface area contributed by atoms with Gasteiger partial charge in [0, 0.05) is 4.47 Å². The van der Waals surface area contributed by atoms with Crippen LogP contribution in [-0.2, 0) is 10.0 Å². The molecule has 0 radical (unpaired) electrons. The van der Waals surface area contributed by atoms with Crippen LogP contribution in [0.4, 0.5) is 5.69 Å². The lowest BCUT2D eigenvalue weighted by Crippen LogP contribution is -2.14. The summed E-state index contributed by atoms with van der Waals surface area (Å²) >= 11 is 3.07. The van der Waals surface area contributed by atoms with Gasteiger partial charge < -0.3 is 9.63 Å². The third kappa shape index (κ3) is 2.93. The predicted octanol–water partition coefficient (Wildman–Crippen LogP) is 1.94. The van der Waals surface area contributed by atoms with Crippen molar-refractivity contribution in [1.82, 2.24) is 5.16 Å². The summed E-state index contributed by atoms with van der Waals surface area (Å²) in [6, 6.07) is 3.71.